The lowest BCUT2D eigenvalue weighted by molar-refractivity contribution is -0.116. The Bertz CT molecular complexity index is 545. The third kappa shape index (κ3) is 2.83. The molecule has 2 aliphatic rings. The van der Waals surface area contributed by atoms with Crippen LogP contribution < -0.4 is 16.0 Å². The molecule has 0 aromatic heterocycles. The highest BCUT2D eigenvalue weighted by molar-refractivity contribution is 5.95. The largest absolute Gasteiger partial charge is 0.397 e. The molecule has 0 bridgehead atoms. The van der Waals surface area contributed by atoms with E-state index in [1.54, 1.807) is 0 Å². The second kappa shape index (κ2) is 5.93. The third-order valence-electron chi connectivity index (χ3n) is 4.55. The van der Waals surface area contributed by atoms with Crippen molar-refractivity contribution in [3.63, 3.8) is 0 Å². The van der Waals surface area contributed by atoms with Gasteiger partial charge in [-0.2, -0.15) is 0 Å². The zero-order valence-corrected chi connectivity index (χ0v) is 12.3. The Hall–Kier alpha value is -1.75. The number of nitrogens with two attached hydrogens (primary N) is 1. The first kappa shape index (κ1) is 14.2. The summed E-state index contributed by atoms with van der Waals surface area (Å²) in [4.78, 5) is 13.8. The Morgan fingerprint density at radius 3 is 2.95 bits per heavy atom. The Labute approximate surface area is 125 Å². The molecule has 0 saturated carbocycles. The summed E-state index contributed by atoms with van der Waals surface area (Å²) in [6.07, 6.45) is 5.69. The number of nitrogens with zero attached hydrogens (tertiary/aromatic N) is 1. The number of hydrogen-bond acceptors (Lipinski definition) is 4. The summed E-state index contributed by atoms with van der Waals surface area (Å²) >= 11 is 0. The van der Waals surface area contributed by atoms with E-state index in [0.717, 1.165) is 54.9 Å². The Kier molecular flexibility index (Phi) is 4.01. The number of aliphatic hydroxyl groups is 1. The lowest BCUT2D eigenvalue weighted by atomic mass is 10.0. The Balaban J connectivity index is 1.96. The summed E-state index contributed by atoms with van der Waals surface area (Å²) < 4.78 is 0. The number of rotatable bonds is 2. The molecule has 1 aromatic rings. The van der Waals surface area contributed by atoms with E-state index in [1.165, 1.54) is 6.42 Å². The number of carbonyl (C=O) groups is 1. The van der Waals surface area contributed by atoms with E-state index in [9.17, 15) is 9.90 Å². The summed E-state index contributed by atoms with van der Waals surface area (Å²) in [7, 11) is 0. The fourth-order valence-corrected chi connectivity index (χ4v) is 3.37. The third-order valence-corrected chi connectivity index (χ3v) is 4.55. The second-order valence-electron chi connectivity index (χ2n) is 6.00. The van der Waals surface area contributed by atoms with Gasteiger partial charge in [-0.15, -0.1) is 0 Å². The van der Waals surface area contributed by atoms with Crippen molar-refractivity contribution in [2.75, 3.05) is 29.1 Å². The van der Waals surface area contributed by atoms with Crippen LogP contribution in [0.3, 0.4) is 0 Å². The van der Waals surface area contributed by atoms with E-state index in [4.69, 9.17) is 5.73 Å². The van der Waals surface area contributed by atoms with Gasteiger partial charge in [0.15, 0.2) is 0 Å². The van der Waals surface area contributed by atoms with Crippen LogP contribution in [0.4, 0.5) is 17.1 Å². The first-order valence-corrected chi connectivity index (χ1v) is 7.79. The lowest BCUT2D eigenvalue weighted by Crippen LogP contribution is -2.38. The number of aryl methyl sites for hydroxylation is 1. The van der Waals surface area contributed by atoms with E-state index in [2.05, 4.69) is 10.2 Å². The van der Waals surface area contributed by atoms with Crippen LogP contribution in [0.25, 0.3) is 0 Å². The maximum atomic E-state index is 11.6. The van der Waals surface area contributed by atoms with Crippen molar-refractivity contribution in [3.05, 3.63) is 17.7 Å². The average Bonchev–Trinajstić information content (AvgIpc) is 2.72. The summed E-state index contributed by atoms with van der Waals surface area (Å²) in [5.74, 6) is 0.0628. The van der Waals surface area contributed by atoms with Crippen LogP contribution in [-0.4, -0.2) is 30.2 Å². The highest BCUT2D eigenvalue weighted by Crippen LogP contribution is 2.35. The van der Waals surface area contributed by atoms with Gasteiger partial charge in [0.1, 0.15) is 0 Å². The van der Waals surface area contributed by atoms with Gasteiger partial charge in [0, 0.05) is 18.7 Å². The smallest absolute Gasteiger partial charge is 0.224 e. The molecular weight excluding hydrogens is 266 g/mol. The predicted octanol–water partition coefficient (Wildman–Crippen LogP) is 1.89. The van der Waals surface area contributed by atoms with Gasteiger partial charge in [0.05, 0.1) is 24.0 Å². The zero-order valence-electron chi connectivity index (χ0n) is 12.3. The number of fused-ring (bicyclic) bond motifs is 1. The summed E-state index contributed by atoms with van der Waals surface area (Å²) in [6.45, 7) is 1.05. The standard InChI is InChI=1S/C16H23N3O2/c17-13-8-11-5-6-16(21)18-14(11)9-15(13)19-7-3-1-2-4-12(19)10-20/h8-9,12,20H,1-7,10,17H2,(H,18,21). The van der Waals surface area contributed by atoms with Gasteiger partial charge in [-0.05, 0) is 37.0 Å². The van der Waals surface area contributed by atoms with Crippen molar-refractivity contribution in [1.82, 2.24) is 0 Å². The number of aliphatic hydroxyl groups excluding tert-OH is 1. The average molecular weight is 289 g/mol. The number of anilines is 3. The fourth-order valence-electron chi connectivity index (χ4n) is 3.37. The van der Waals surface area contributed by atoms with Gasteiger partial charge >= 0.3 is 0 Å². The van der Waals surface area contributed by atoms with Crippen LogP contribution in [0.5, 0.6) is 0 Å². The minimum atomic E-state index is 0.0628. The van der Waals surface area contributed by atoms with E-state index in [1.807, 2.05) is 12.1 Å². The minimum absolute atomic E-state index is 0.0628. The molecule has 1 fully saturated rings. The van der Waals surface area contributed by atoms with Crippen LogP contribution in [0.15, 0.2) is 12.1 Å². The molecule has 1 amide bonds. The predicted molar refractivity (Wildman–Crippen MR) is 84.5 cm³/mol. The van der Waals surface area contributed by atoms with Crippen molar-refractivity contribution in [2.45, 2.75) is 44.6 Å². The van der Waals surface area contributed by atoms with E-state index in [0.29, 0.717) is 6.42 Å². The molecule has 1 aromatic carbocycles. The highest BCUT2D eigenvalue weighted by Gasteiger charge is 2.24. The maximum absolute atomic E-state index is 11.6. The quantitative estimate of drug-likeness (QED) is 0.727. The van der Waals surface area contributed by atoms with Crippen LogP contribution >= 0.6 is 0 Å². The number of carbonyl (C=O) groups excluding carboxylic acids is 1. The molecule has 1 saturated heterocycles. The summed E-state index contributed by atoms with van der Waals surface area (Å²) in [5.41, 5.74) is 9.90. The van der Waals surface area contributed by atoms with Gasteiger partial charge < -0.3 is 21.1 Å². The molecule has 2 heterocycles. The van der Waals surface area contributed by atoms with Crippen LogP contribution in [0, 0.1) is 0 Å². The Morgan fingerprint density at radius 2 is 2.14 bits per heavy atom. The second-order valence-corrected chi connectivity index (χ2v) is 6.00. The topological polar surface area (TPSA) is 78.6 Å². The number of hydrogen-bond donors (Lipinski definition) is 3. The van der Waals surface area contributed by atoms with Crippen molar-refractivity contribution in [2.24, 2.45) is 0 Å². The van der Waals surface area contributed by atoms with Crippen molar-refractivity contribution >= 4 is 23.0 Å². The van der Waals surface area contributed by atoms with Gasteiger partial charge in [-0.3, -0.25) is 4.79 Å². The molecule has 0 radical (unpaired) electrons. The van der Waals surface area contributed by atoms with Gasteiger partial charge in [-0.25, -0.2) is 0 Å². The normalized spacial score (nSPS) is 22.4. The molecular formula is C16H23N3O2. The van der Waals surface area contributed by atoms with Crippen LogP contribution in [0.1, 0.15) is 37.7 Å². The number of benzene rings is 1. The molecule has 0 spiro atoms. The van der Waals surface area contributed by atoms with Crippen molar-refractivity contribution in [3.8, 4) is 0 Å². The van der Waals surface area contributed by atoms with E-state index < -0.39 is 0 Å². The number of nitrogen functional groups attached to an aromatic ring is 1. The number of amides is 1. The molecule has 2 aliphatic heterocycles. The molecule has 114 valence electrons. The lowest BCUT2D eigenvalue weighted by Gasteiger charge is -2.33. The van der Waals surface area contributed by atoms with Crippen LogP contribution in [-0.2, 0) is 11.2 Å². The molecule has 5 nitrogen and oxygen atoms in total. The monoisotopic (exact) mass is 289 g/mol. The van der Waals surface area contributed by atoms with Gasteiger partial charge in [0.25, 0.3) is 0 Å². The fraction of sp³-hybridized carbons (Fsp3) is 0.562. The summed E-state index contributed by atoms with van der Waals surface area (Å²) in [6, 6.07) is 4.08. The first-order chi connectivity index (χ1) is 10.2. The number of nitrogens with one attached hydrogen (secondary N) is 1. The maximum Gasteiger partial charge on any atom is 0.224 e. The molecule has 1 unspecified atom stereocenters. The first-order valence-electron chi connectivity index (χ1n) is 7.79. The minimum Gasteiger partial charge on any atom is -0.397 e. The highest BCUT2D eigenvalue weighted by atomic mass is 16.3. The van der Waals surface area contributed by atoms with Crippen molar-refractivity contribution in [1.29, 1.82) is 0 Å². The molecule has 21 heavy (non-hydrogen) atoms. The van der Waals surface area contributed by atoms with Crippen molar-refractivity contribution < 1.29 is 9.90 Å². The van der Waals surface area contributed by atoms with E-state index >= 15 is 0 Å². The molecule has 5 heteroatoms. The molecule has 4 N–H and O–H groups in total. The summed E-state index contributed by atoms with van der Waals surface area (Å²) in [5, 5.41) is 12.6. The Morgan fingerprint density at radius 1 is 1.29 bits per heavy atom. The SMILES string of the molecule is Nc1cc2c(cc1N1CCCCCC1CO)NC(=O)CC2. The zero-order chi connectivity index (χ0) is 14.8. The molecule has 0 aliphatic carbocycles. The van der Waals surface area contributed by atoms with E-state index in [-0.39, 0.29) is 18.6 Å². The molecule has 3 rings (SSSR count). The molecule has 1 atom stereocenters. The van der Waals surface area contributed by atoms with Gasteiger partial charge in [-0.1, -0.05) is 12.8 Å². The van der Waals surface area contributed by atoms with Gasteiger partial charge in [0.2, 0.25) is 5.91 Å². The van der Waals surface area contributed by atoms with Crippen LogP contribution in [0.2, 0.25) is 0 Å².